The smallest absolute Gasteiger partial charge is 0.223 e. The lowest BCUT2D eigenvalue weighted by Gasteiger charge is -2.33. The molecule has 2 atom stereocenters. The molecule has 3 aliphatic heterocycles. The summed E-state index contributed by atoms with van der Waals surface area (Å²) in [6, 6.07) is 5.05. The first kappa shape index (κ1) is 15.7. The first-order valence-corrected chi connectivity index (χ1v) is 9.34. The first-order valence-electron chi connectivity index (χ1n) is 8.59. The van der Waals surface area contributed by atoms with Crippen LogP contribution in [0, 0.1) is 5.92 Å². The molecule has 2 saturated heterocycles. The van der Waals surface area contributed by atoms with E-state index < -0.39 is 0 Å². The van der Waals surface area contributed by atoms with Gasteiger partial charge in [-0.3, -0.25) is 4.79 Å². The molecule has 1 amide bonds. The SMILES string of the molecule is O=C(CC1CC2CCC(C1)N2)N1CCc2cc(Cl)cc(Cl)c2C1. The Balaban J connectivity index is 1.42. The van der Waals surface area contributed by atoms with E-state index in [1.165, 1.54) is 18.4 Å². The van der Waals surface area contributed by atoms with Crippen LogP contribution in [0.25, 0.3) is 0 Å². The average Bonchev–Trinajstić information content (AvgIpc) is 2.85. The zero-order chi connectivity index (χ0) is 16.0. The lowest BCUT2D eigenvalue weighted by Crippen LogP contribution is -2.41. The monoisotopic (exact) mass is 352 g/mol. The zero-order valence-electron chi connectivity index (χ0n) is 13.2. The molecular weight excluding hydrogens is 331 g/mol. The third kappa shape index (κ3) is 3.24. The summed E-state index contributed by atoms with van der Waals surface area (Å²) in [7, 11) is 0. The van der Waals surface area contributed by atoms with Gasteiger partial charge in [-0.1, -0.05) is 23.2 Å². The summed E-state index contributed by atoms with van der Waals surface area (Å²) in [4.78, 5) is 14.7. The summed E-state index contributed by atoms with van der Waals surface area (Å²) in [5.74, 6) is 0.830. The van der Waals surface area contributed by atoms with Crippen molar-refractivity contribution >= 4 is 29.1 Å². The van der Waals surface area contributed by atoms with Crippen molar-refractivity contribution in [3.05, 3.63) is 33.3 Å². The highest BCUT2D eigenvalue weighted by molar-refractivity contribution is 6.35. The molecule has 5 heteroatoms. The van der Waals surface area contributed by atoms with Gasteiger partial charge < -0.3 is 10.2 Å². The summed E-state index contributed by atoms with van der Waals surface area (Å²) in [6.07, 6.45) is 6.41. The number of hydrogen-bond donors (Lipinski definition) is 1. The number of nitrogens with one attached hydrogen (secondary N) is 1. The number of nitrogens with zero attached hydrogens (tertiary/aromatic N) is 1. The molecule has 1 N–H and O–H groups in total. The van der Waals surface area contributed by atoms with E-state index in [9.17, 15) is 4.79 Å². The van der Waals surface area contributed by atoms with E-state index >= 15 is 0 Å². The maximum Gasteiger partial charge on any atom is 0.223 e. The van der Waals surface area contributed by atoms with Gasteiger partial charge in [-0.25, -0.2) is 0 Å². The summed E-state index contributed by atoms with van der Waals surface area (Å²) in [6.45, 7) is 1.41. The second-order valence-electron chi connectivity index (χ2n) is 7.27. The van der Waals surface area contributed by atoms with Gasteiger partial charge in [0.15, 0.2) is 0 Å². The molecule has 0 radical (unpaired) electrons. The highest BCUT2D eigenvalue weighted by atomic mass is 35.5. The summed E-state index contributed by atoms with van der Waals surface area (Å²) in [5.41, 5.74) is 2.26. The fraction of sp³-hybridized carbons (Fsp3) is 0.611. The highest BCUT2D eigenvalue weighted by Crippen LogP contribution is 2.34. The predicted octanol–water partition coefficient (Wildman–Crippen LogP) is 3.80. The number of halogens is 2. The second kappa shape index (κ2) is 6.27. The Hall–Kier alpha value is -0.770. The molecule has 0 saturated carbocycles. The van der Waals surface area contributed by atoms with Crippen LogP contribution in [0.5, 0.6) is 0 Å². The molecule has 124 valence electrons. The van der Waals surface area contributed by atoms with Gasteiger partial charge in [-0.15, -0.1) is 0 Å². The Bertz CT molecular complexity index is 622. The minimum Gasteiger partial charge on any atom is -0.338 e. The number of amides is 1. The van der Waals surface area contributed by atoms with E-state index in [-0.39, 0.29) is 5.91 Å². The maximum absolute atomic E-state index is 12.7. The van der Waals surface area contributed by atoms with E-state index in [4.69, 9.17) is 23.2 Å². The minimum atomic E-state index is 0.285. The lowest BCUT2D eigenvalue weighted by atomic mass is 9.89. The Morgan fingerprint density at radius 2 is 1.96 bits per heavy atom. The molecule has 2 unspecified atom stereocenters. The van der Waals surface area contributed by atoms with E-state index in [2.05, 4.69) is 5.32 Å². The van der Waals surface area contributed by atoms with Crippen molar-refractivity contribution < 1.29 is 4.79 Å². The normalized spacial score (nSPS) is 29.5. The third-order valence-corrected chi connectivity index (χ3v) is 6.19. The van der Waals surface area contributed by atoms with Crippen molar-refractivity contribution in [1.29, 1.82) is 0 Å². The van der Waals surface area contributed by atoms with Gasteiger partial charge in [-0.2, -0.15) is 0 Å². The molecule has 0 aromatic heterocycles. The molecule has 23 heavy (non-hydrogen) atoms. The minimum absolute atomic E-state index is 0.285. The van der Waals surface area contributed by atoms with Crippen LogP contribution in [0.3, 0.4) is 0 Å². The van der Waals surface area contributed by atoms with Gasteiger partial charge in [0.2, 0.25) is 5.91 Å². The Kier molecular flexibility index (Phi) is 4.29. The van der Waals surface area contributed by atoms with Gasteiger partial charge in [0.05, 0.1) is 0 Å². The maximum atomic E-state index is 12.7. The number of piperidine rings is 1. The third-order valence-electron chi connectivity index (χ3n) is 5.64. The summed E-state index contributed by atoms with van der Waals surface area (Å²) < 4.78 is 0. The van der Waals surface area contributed by atoms with Crippen molar-refractivity contribution in [3.63, 3.8) is 0 Å². The number of benzene rings is 1. The number of carbonyl (C=O) groups excluding carboxylic acids is 1. The summed E-state index contributed by atoms with van der Waals surface area (Å²) in [5, 5.41) is 5.01. The van der Waals surface area contributed by atoms with Crippen LogP contribution < -0.4 is 5.32 Å². The van der Waals surface area contributed by atoms with Crippen LogP contribution in [0.15, 0.2) is 12.1 Å². The molecule has 2 bridgehead atoms. The molecule has 4 rings (SSSR count). The van der Waals surface area contributed by atoms with Gasteiger partial charge in [0.1, 0.15) is 0 Å². The lowest BCUT2D eigenvalue weighted by molar-refractivity contribution is -0.133. The van der Waals surface area contributed by atoms with E-state index in [0.717, 1.165) is 31.4 Å². The van der Waals surface area contributed by atoms with Gasteiger partial charge in [-0.05, 0) is 61.3 Å². The quantitative estimate of drug-likeness (QED) is 0.877. The van der Waals surface area contributed by atoms with Crippen molar-refractivity contribution in [1.82, 2.24) is 10.2 Å². The van der Waals surface area contributed by atoms with Gasteiger partial charge >= 0.3 is 0 Å². The summed E-state index contributed by atoms with van der Waals surface area (Å²) >= 11 is 12.4. The van der Waals surface area contributed by atoms with Crippen LogP contribution in [-0.4, -0.2) is 29.4 Å². The van der Waals surface area contributed by atoms with Crippen molar-refractivity contribution in [3.8, 4) is 0 Å². The largest absolute Gasteiger partial charge is 0.338 e. The highest BCUT2D eigenvalue weighted by Gasteiger charge is 2.35. The Morgan fingerprint density at radius 3 is 2.70 bits per heavy atom. The standard InChI is InChI=1S/C18H22Cl2N2O/c19-13-8-12-3-4-22(10-16(12)17(20)9-13)18(23)7-11-5-14-1-2-15(6-11)21-14/h8-9,11,14-15,21H,1-7,10H2. The molecule has 2 fully saturated rings. The molecule has 0 spiro atoms. The van der Waals surface area contributed by atoms with Crippen LogP contribution in [0.2, 0.25) is 10.0 Å². The van der Waals surface area contributed by atoms with Crippen molar-refractivity contribution in [2.75, 3.05) is 6.54 Å². The predicted molar refractivity (Wildman–Crippen MR) is 92.9 cm³/mol. The van der Waals surface area contributed by atoms with E-state index in [0.29, 0.717) is 41.0 Å². The molecule has 1 aromatic rings. The van der Waals surface area contributed by atoms with Crippen LogP contribution >= 0.6 is 23.2 Å². The fourth-order valence-electron chi connectivity index (χ4n) is 4.51. The van der Waals surface area contributed by atoms with Gasteiger partial charge in [0, 0.05) is 41.6 Å². The van der Waals surface area contributed by atoms with E-state index in [1.807, 2.05) is 11.0 Å². The molecule has 1 aromatic carbocycles. The van der Waals surface area contributed by atoms with Crippen LogP contribution in [0.4, 0.5) is 0 Å². The molecular formula is C18H22Cl2N2O. The molecule has 3 heterocycles. The average molecular weight is 353 g/mol. The second-order valence-corrected chi connectivity index (χ2v) is 8.11. The first-order chi connectivity index (χ1) is 11.1. The Labute approximate surface area is 147 Å². The number of fused-ring (bicyclic) bond motifs is 3. The number of hydrogen-bond acceptors (Lipinski definition) is 2. The topological polar surface area (TPSA) is 32.3 Å². The van der Waals surface area contributed by atoms with Crippen molar-refractivity contribution in [2.45, 2.75) is 57.2 Å². The van der Waals surface area contributed by atoms with Gasteiger partial charge in [0.25, 0.3) is 0 Å². The number of rotatable bonds is 2. The van der Waals surface area contributed by atoms with Crippen LogP contribution in [0.1, 0.15) is 43.2 Å². The molecule has 3 aliphatic rings. The van der Waals surface area contributed by atoms with E-state index in [1.54, 1.807) is 6.07 Å². The Morgan fingerprint density at radius 1 is 1.22 bits per heavy atom. The molecule has 0 aliphatic carbocycles. The van der Waals surface area contributed by atoms with Crippen molar-refractivity contribution in [2.24, 2.45) is 5.92 Å². The fourth-order valence-corrected chi connectivity index (χ4v) is 5.11. The number of carbonyl (C=O) groups is 1. The van der Waals surface area contributed by atoms with Crippen LogP contribution in [-0.2, 0) is 17.8 Å². The zero-order valence-corrected chi connectivity index (χ0v) is 14.7. The molecule has 3 nitrogen and oxygen atoms in total.